The fourth-order valence-corrected chi connectivity index (χ4v) is 4.09. The average Bonchev–Trinajstić information content (AvgIpc) is 3.34. The molecule has 0 saturated carbocycles. The Morgan fingerprint density at radius 3 is 2.55 bits per heavy atom. The molecule has 33 heavy (non-hydrogen) atoms. The number of nitrogens with zero attached hydrogens (tertiary/aromatic N) is 2. The normalized spacial score (nSPS) is 14.2. The van der Waals surface area contributed by atoms with Crippen molar-refractivity contribution in [2.45, 2.75) is 6.92 Å². The summed E-state index contributed by atoms with van der Waals surface area (Å²) >= 11 is 6.07. The van der Waals surface area contributed by atoms with Gasteiger partial charge in [-0.2, -0.15) is 0 Å². The van der Waals surface area contributed by atoms with Crippen LogP contribution in [0, 0.1) is 0 Å². The molecular formula is C25H26ClN3O4. The summed E-state index contributed by atoms with van der Waals surface area (Å²) in [5.74, 6) is -0.162. The topological polar surface area (TPSA) is 75.0 Å². The van der Waals surface area contributed by atoms with Gasteiger partial charge in [-0.1, -0.05) is 30.7 Å². The van der Waals surface area contributed by atoms with Crippen LogP contribution in [0.25, 0.3) is 11.3 Å². The second-order valence-corrected chi connectivity index (χ2v) is 8.21. The van der Waals surface area contributed by atoms with E-state index >= 15 is 0 Å². The molecule has 2 aromatic carbocycles. The summed E-state index contributed by atoms with van der Waals surface area (Å²) in [5.41, 5.74) is 2.54. The third-order valence-electron chi connectivity index (χ3n) is 5.76. The van der Waals surface area contributed by atoms with Crippen LogP contribution in [0.5, 0.6) is 0 Å². The third-order valence-corrected chi connectivity index (χ3v) is 6.00. The minimum Gasteiger partial charge on any atom is -0.465 e. The largest absolute Gasteiger partial charge is 0.465 e. The Morgan fingerprint density at radius 2 is 1.85 bits per heavy atom. The molecule has 0 radical (unpaired) electrons. The maximum atomic E-state index is 13.0. The summed E-state index contributed by atoms with van der Waals surface area (Å²) in [6, 6.07) is 15.8. The number of carbonyl (C=O) groups excluding carboxylic acids is 2. The first-order valence-electron chi connectivity index (χ1n) is 10.8. The number of nitrogens with one attached hydrogen (secondary N) is 1. The zero-order valence-electron chi connectivity index (χ0n) is 18.6. The number of furan rings is 1. The maximum Gasteiger partial charge on any atom is 0.337 e. The molecule has 1 fully saturated rings. The number of hydrogen-bond donors (Lipinski definition) is 1. The minimum atomic E-state index is -0.464. The zero-order valence-corrected chi connectivity index (χ0v) is 19.4. The highest BCUT2D eigenvalue weighted by atomic mass is 35.5. The molecular weight excluding hydrogens is 442 g/mol. The lowest BCUT2D eigenvalue weighted by Crippen LogP contribution is -2.46. The van der Waals surface area contributed by atoms with Crippen molar-refractivity contribution in [1.29, 1.82) is 0 Å². The summed E-state index contributed by atoms with van der Waals surface area (Å²) in [7, 11) is 1.33. The lowest BCUT2D eigenvalue weighted by molar-refractivity contribution is 0.0600. The minimum absolute atomic E-state index is 0.162. The highest BCUT2D eigenvalue weighted by Crippen LogP contribution is 2.30. The molecule has 1 aliphatic rings. The van der Waals surface area contributed by atoms with E-state index < -0.39 is 11.9 Å². The number of benzene rings is 2. The number of esters is 1. The van der Waals surface area contributed by atoms with Gasteiger partial charge in [-0.05, 0) is 49.0 Å². The number of likely N-dealkylation sites (N-methyl/N-ethyl adjacent to an activating group) is 1. The van der Waals surface area contributed by atoms with Crippen LogP contribution in [-0.2, 0) is 4.74 Å². The fourth-order valence-electron chi connectivity index (χ4n) is 3.90. The smallest absolute Gasteiger partial charge is 0.337 e. The summed E-state index contributed by atoms with van der Waals surface area (Å²) < 4.78 is 10.6. The van der Waals surface area contributed by atoms with Crippen LogP contribution in [0.3, 0.4) is 0 Å². The van der Waals surface area contributed by atoms with Gasteiger partial charge in [0.1, 0.15) is 5.76 Å². The first kappa shape index (κ1) is 22.9. The molecule has 0 bridgehead atoms. The van der Waals surface area contributed by atoms with Gasteiger partial charge in [0.25, 0.3) is 5.91 Å². The molecule has 0 spiro atoms. The van der Waals surface area contributed by atoms with Crippen LogP contribution < -0.4 is 10.2 Å². The molecule has 0 atom stereocenters. The summed E-state index contributed by atoms with van der Waals surface area (Å²) in [6.07, 6.45) is 0. The maximum absolute atomic E-state index is 13.0. The van der Waals surface area contributed by atoms with Gasteiger partial charge in [0.15, 0.2) is 5.76 Å². The highest BCUT2D eigenvalue weighted by molar-refractivity contribution is 6.30. The number of hydrogen-bond acceptors (Lipinski definition) is 6. The Labute approximate surface area is 197 Å². The van der Waals surface area contributed by atoms with Crippen molar-refractivity contribution in [3.8, 4) is 11.3 Å². The van der Waals surface area contributed by atoms with Crippen molar-refractivity contribution in [2.75, 3.05) is 50.1 Å². The zero-order chi connectivity index (χ0) is 23.4. The molecule has 0 aliphatic carbocycles. The first-order valence-corrected chi connectivity index (χ1v) is 11.2. The Balaban J connectivity index is 1.59. The van der Waals surface area contributed by atoms with Crippen molar-refractivity contribution in [2.24, 2.45) is 0 Å². The summed E-state index contributed by atoms with van der Waals surface area (Å²) in [5, 5.41) is 3.51. The molecule has 172 valence electrons. The second kappa shape index (κ2) is 10.1. The van der Waals surface area contributed by atoms with E-state index in [1.807, 2.05) is 18.2 Å². The van der Waals surface area contributed by atoms with Gasteiger partial charge in [-0.3, -0.25) is 4.79 Å². The lowest BCUT2D eigenvalue weighted by atomic mass is 10.1. The van der Waals surface area contributed by atoms with Gasteiger partial charge in [0.05, 0.1) is 24.0 Å². The van der Waals surface area contributed by atoms with E-state index in [9.17, 15) is 9.59 Å². The van der Waals surface area contributed by atoms with Crippen LogP contribution in [0.15, 0.2) is 59.0 Å². The molecule has 4 rings (SSSR count). The summed E-state index contributed by atoms with van der Waals surface area (Å²) in [6.45, 7) is 6.68. The number of methoxy groups -OCH3 is 1. The fraction of sp³-hybridized carbons (Fsp3) is 0.280. The lowest BCUT2D eigenvalue weighted by Gasteiger charge is -2.36. The number of rotatable bonds is 6. The van der Waals surface area contributed by atoms with Crippen LogP contribution in [0.4, 0.5) is 11.4 Å². The Morgan fingerprint density at radius 1 is 1.06 bits per heavy atom. The molecule has 8 heteroatoms. The van der Waals surface area contributed by atoms with E-state index in [1.54, 1.807) is 36.4 Å². The molecule has 0 unspecified atom stereocenters. The number of carbonyl (C=O) groups is 2. The van der Waals surface area contributed by atoms with Gasteiger partial charge in [-0.15, -0.1) is 0 Å². The average molecular weight is 468 g/mol. The Kier molecular flexibility index (Phi) is 7.01. The van der Waals surface area contributed by atoms with E-state index in [-0.39, 0.29) is 5.76 Å². The van der Waals surface area contributed by atoms with Crippen LogP contribution in [0.2, 0.25) is 5.02 Å². The first-order chi connectivity index (χ1) is 16.0. The molecule has 1 aliphatic heterocycles. The second-order valence-electron chi connectivity index (χ2n) is 7.77. The van der Waals surface area contributed by atoms with Gasteiger partial charge >= 0.3 is 5.97 Å². The number of amides is 1. The molecule has 1 amide bonds. The van der Waals surface area contributed by atoms with E-state index in [2.05, 4.69) is 22.0 Å². The van der Waals surface area contributed by atoms with Crippen molar-refractivity contribution in [3.63, 3.8) is 0 Å². The van der Waals surface area contributed by atoms with Gasteiger partial charge in [-0.25, -0.2) is 4.79 Å². The van der Waals surface area contributed by atoms with Crippen LogP contribution >= 0.6 is 11.6 Å². The number of piperazine rings is 1. The molecule has 2 heterocycles. The van der Waals surface area contributed by atoms with Crippen molar-refractivity contribution in [1.82, 2.24) is 4.90 Å². The molecule has 1 saturated heterocycles. The van der Waals surface area contributed by atoms with Crippen molar-refractivity contribution < 1.29 is 18.7 Å². The predicted molar refractivity (Wildman–Crippen MR) is 129 cm³/mol. The monoisotopic (exact) mass is 467 g/mol. The number of ether oxygens (including phenoxy) is 1. The quantitative estimate of drug-likeness (QED) is 0.526. The third kappa shape index (κ3) is 5.21. The van der Waals surface area contributed by atoms with E-state index in [0.717, 1.165) is 44.0 Å². The van der Waals surface area contributed by atoms with Crippen molar-refractivity contribution >= 4 is 34.9 Å². The van der Waals surface area contributed by atoms with Gasteiger partial charge in [0.2, 0.25) is 0 Å². The number of anilines is 2. The predicted octanol–water partition coefficient (Wildman–Crippen LogP) is 4.78. The summed E-state index contributed by atoms with van der Waals surface area (Å²) in [4.78, 5) is 29.7. The Bertz CT molecular complexity index is 1150. The van der Waals surface area contributed by atoms with E-state index in [1.165, 1.54) is 7.11 Å². The molecule has 1 aromatic heterocycles. The highest BCUT2D eigenvalue weighted by Gasteiger charge is 2.22. The van der Waals surface area contributed by atoms with Gasteiger partial charge in [0, 0.05) is 36.8 Å². The van der Waals surface area contributed by atoms with E-state index in [4.69, 9.17) is 20.8 Å². The Hall–Kier alpha value is -3.29. The van der Waals surface area contributed by atoms with Crippen LogP contribution in [-0.4, -0.2) is 56.6 Å². The van der Waals surface area contributed by atoms with E-state index in [0.29, 0.717) is 22.0 Å². The van der Waals surface area contributed by atoms with Crippen molar-refractivity contribution in [3.05, 3.63) is 70.9 Å². The van der Waals surface area contributed by atoms with Crippen LogP contribution in [0.1, 0.15) is 27.8 Å². The molecule has 3 aromatic rings. The molecule has 7 nitrogen and oxygen atoms in total. The molecule has 1 N–H and O–H groups in total. The SMILES string of the molecule is CCN1CCN(c2ccc(C(=O)OC)cc2NC(=O)c2ccc(-c3cccc(Cl)c3)o2)CC1. The standard InChI is InChI=1S/C25H26ClN3O4/c1-3-28-11-13-29(14-12-28)21-8-7-18(25(31)32-2)16-20(21)27-24(30)23-10-9-22(33-23)17-5-4-6-19(26)15-17/h4-10,15-16H,3,11-14H2,1-2H3,(H,27,30). The number of halogens is 1. The van der Waals surface area contributed by atoms with Gasteiger partial charge < -0.3 is 24.3 Å².